The Balaban J connectivity index is 1.53. The first-order valence-electron chi connectivity index (χ1n) is 10.8. The summed E-state index contributed by atoms with van der Waals surface area (Å²) in [7, 11) is -2.41. The lowest BCUT2D eigenvalue weighted by atomic mass is 10.1. The summed E-state index contributed by atoms with van der Waals surface area (Å²) in [6, 6.07) is 9.06. The first-order valence-corrected chi connectivity index (χ1v) is 13.1. The van der Waals surface area contributed by atoms with Crippen molar-refractivity contribution in [1.82, 2.24) is 9.71 Å². The summed E-state index contributed by atoms with van der Waals surface area (Å²) < 4.78 is 34.9. The Morgan fingerprint density at radius 1 is 1.18 bits per heavy atom. The number of carbonyl (C=O) groups is 2. The van der Waals surface area contributed by atoms with Gasteiger partial charge in [-0.1, -0.05) is 25.2 Å². The summed E-state index contributed by atoms with van der Waals surface area (Å²) in [6.45, 7) is 5.54. The zero-order chi connectivity index (χ0) is 24.6. The zero-order valence-corrected chi connectivity index (χ0v) is 20.9. The first-order chi connectivity index (χ1) is 16.1. The molecule has 1 aliphatic rings. The van der Waals surface area contributed by atoms with Gasteiger partial charge in [-0.25, -0.2) is 13.4 Å². The maximum absolute atomic E-state index is 13.1. The monoisotopic (exact) mass is 502 g/mol. The van der Waals surface area contributed by atoms with Gasteiger partial charge in [0.15, 0.2) is 5.13 Å². The molecule has 0 saturated heterocycles. The molecular formula is C23H26N4O5S2. The van der Waals surface area contributed by atoms with Crippen LogP contribution in [-0.4, -0.2) is 44.9 Å². The Kier molecular flexibility index (Phi) is 6.61. The maximum atomic E-state index is 13.1. The molecule has 4 rings (SSSR count). The van der Waals surface area contributed by atoms with Crippen molar-refractivity contribution < 1.29 is 22.7 Å². The topological polar surface area (TPSA) is 118 Å². The third-order valence-electron chi connectivity index (χ3n) is 5.69. The number of methoxy groups -OCH3 is 1. The number of benzene rings is 2. The molecule has 0 saturated carbocycles. The number of aromatic nitrogens is 1. The second kappa shape index (κ2) is 9.32. The summed E-state index contributed by atoms with van der Waals surface area (Å²) in [4.78, 5) is 30.9. The summed E-state index contributed by atoms with van der Waals surface area (Å²) in [5, 5.41) is 3.12. The molecule has 2 aromatic carbocycles. The first kappa shape index (κ1) is 24.1. The summed E-state index contributed by atoms with van der Waals surface area (Å²) in [5.41, 5.74) is 2.21. The predicted octanol–water partition coefficient (Wildman–Crippen LogP) is 3.16. The molecule has 3 aromatic rings. The Bertz CT molecular complexity index is 1370. The number of nitrogens with one attached hydrogen (secondary N) is 2. The van der Waals surface area contributed by atoms with Crippen LogP contribution in [0, 0.1) is 5.92 Å². The lowest BCUT2D eigenvalue weighted by Crippen LogP contribution is -2.47. The number of nitrogens with zero attached hydrogens (tertiary/aromatic N) is 2. The number of anilines is 2. The molecule has 180 valence electrons. The highest BCUT2D eigenvalue weighted by Gasteiger charge is 2.30. The third-order valence-corrected chi connectivity index (χ3v) is 8.07. The lowest BCUT2D eigenvalue weighted by Gasteiger charge is -2.21. The summed E-state index contributed by atoms with van der Waals surface area (Å²) in [5.74, 6) is -0.208. The normalized spacial score (nSPS) is 14.3. The molecule has 2 heterocycles. The van der Waals surface area contributed by atoms with Crippen LogP contribution < -0.4 is 19.7 Å². The molecule has 9 nitrogen and oxygen atoms in total. The van der Waals surface area contributed by atoms with E-state index in [1.54, 1.807) is 50.1 Å². The van der Waals surface area contributed by atoms with Crippen LogP contribution in [0.4, 0.5) is 10.8 Å². The van der Waals surface area contributed by atoms with Crippen LogP contribution >= 0.6 is 11.3 Å². The zero-order valence-electron chi connectivity index (χ0n) is 19.3. The van der Waals surface area contributed by atoms with Crippen molar-refractivity contribution in [2.45, 2.75) is 38.1 Å². The number of amides is 2. The number of ether oxygens (including phenoxy) is 1. The highest BCUT2D eigenvalue weighted by molar-refractivity contribution is 7.89. The SMILES string of the molecule is COc1ccc2nc(NC(=O)[C@@H](NS(=O)(=O)c3ccc4c(c3)CCN4C(C)=O)C(C)C)sc2c1. The van der Waals surface area contributed by atoms with Crippen LogP contribution in [0.15, 0.2) is 41.3 Å². The number of rotatable bonds is 7. The second-order valence-electron chi connectivity index (χ2n) is 8.40. The molecular weight excluding hydrogens is 476 g/mol. The Labute approximate surface area is 202 Å². The fourth-order valence-corrected chi connectivity index (χ4v) is 6.16. The summed E-state index contributed by atoms with van der Waals surface area (Å²) in [6.07, 6.45) is 0.578. The average Bonchev–Trinajstić information content (AvgIpc) is 3.39. The van der Waals surface area contributed by atoms with Gasteiger partial charge in [-0.3, -0.25) is 9.59 Å². The Hall–Kier alpha value is -3.02. The molecule has 0 bridgehead atoms. The van der Waals surface area contributed by atoms with Gasteiger partial charge in [0.1, 0.15) is 11.8 Å². The molecule has 34 heavy (non-hydrogen) atoms. The molecule has 0 spiro atoms. The maximum Gasteiger partial charge on any atom is 0.244 e. The molecule has 0 aliphatic carbocycles. The lowest BCUT2D eigenvalue weighted by molar-refractivity contribution is -0.118. The van der Waals surface area contributed by atoms with Gasteiger partial charge in [-0.2, -0.15) is 4.72 Å². The van der Waals surface area contributed by atoms with E-state index < -0.39 is 22.0 Å². The highest BCUT2D eigenvalue weighted by atomic mass is 32.2. The van der Waals surface area contributed by atoms with Gasteiger partial charge >= 0.3 is 0 Å². The third kappa shape index (κ3) is 4.77. The van der Waals surface area contributed by atoms with Gasteiger partial charge < -0.3 is 15.0 Å². The molecule has 1 atom stereocenters. The molecule has 1 aromatic heterocycles. The number of hydrogen-bond acceptors (Lipinski definition) is 7. The van der Waals surface area contributed by atoms with Crippen molar-refractivity contribution in [3.63, 3.8) is 0 Å². The quantitative estimate of drug-likeness (QED) is 0.513. The van der Waals surface area contributed by atoms with E-state index in [1.165, 1.54) is 24.3 Å². The minimum absolute atomic E-state index is 0.0576. The predicted molar refractivity (Wildman–Crippen MR) is 132 cm³/mol. The minimum atomic E-state index is -3.98. The molecule has 1 aliphatic heterocycles. The number of carbonyl (C=O) groups excluding carboxylic acids is 2. The van der Waals surface area contributed by atoms with E-state index in [1.807, 2.05) is 6.07 Å². The van der Waals surface area contributed by atoms with Crippen LogP contribution in [0.25, 0.3) is 10.2 Å². The van der Waals surface area contributed by atoms with Crippen molar-refractivity contribution in [3.8, 4) is 5.75 Å². The largest absolute Gasteiger partial charge is 0.497 e. The second-order valence-corrected chi connectivity index (χ2v) is 11.1. The van der Waals surface area contributed by atoms with E-state index >= 15 is 0 Å². The van der Waals surface area contributed by atoms with E-state index in [0.717, 1.165) is 16.0 Å². The van der Waals surface area contributed by atoms with Gasteiger partial charge in [-0.15, -0.1) is 0 Å². The molecule has 0 fully saturated rings. The summed E-state index contributed by atoms with van der Waals surface area (Å²) >= 11 is 1.28. The van der Waals surface area contributed by atoms with E-state index in [0.29, 0.717) is 29.4 Å². The van der Waals surface area contributed by atoms with Crippen molar-refractivity contribution in [2.24, 2.45) is 5.92 Å². The van der Waals surface area contributed by atoms with Crippen LogP contribution in [0.5, 0.6) is 5.75 Å². The van der Waals surface area contributed by atoms with Crippen molar-refractivity contribution in [3.05, 3.63) is 42.0 Å². The number of sulfonamides is 1. The van der Waals surface area contributed by atoms with Crippen molar-refractivity contribution in [2.75, 3.05) is 23.9 Å². The average molecular weight is 503 g/mol. The van der Waals surface area contributed by atoms with E-state index in [2.05, 4.69) is 15.0 Å². The van der Waals surface area contributed by atoms with Crippen LogP contribution in [0.1, 0.15) is 26.3 Å². The highest BCUT2D eigenvalue weighted by Crippen LogP contribution is 2.31. The van der Waals surface area contributed by atoms with Crippen molar-refractivity contribution >= 4 is 54.2 Å². The number of thiazole rings is 1. The van der Waals surface area contributed by atoms with Gasteiger partial charge in [-0.05, 0) is 54.3 Å². The minimum Gasteiger partial charge on any atom is -0.497 e. The van der Waals surface area contributed by atoms with Gasteiger partial charge in [0.25, 0.3) is 0 Å². The van der Waals surface area contributed by atoms with Crippen LogP contribution in [0.2, 0.25) is 0 Å². The molecule has 0 unspecified atom stereocenters. The van der Waals surface area contributed by atoms with Gasteiger partial charge in [0, 0.05) is 19.2 Å². The van der Waals surface area contributed by atoms with Crippen LogP contribution in [-0.2, 0) is 26.0 Å². The molecule has 2 N–H and O–H groups in total. The standard InChI is InChI=1S/C23H26N4O5S2/c1-13(2)21(22(29)25-23-24-18-7-5-16(32-4)12-20(18)33-23)26-34(30,31)17-6-8-19-15(11-17)9-10-27(19)14(3)28/h5-8,11-13,21,26H,9-10H2,1-4H3,(H,24,25,29)/t21-/m0/s1. The fraction of sp³-hybridized carbons (Fsp3) is 0.348. The molecule has 11 heteroatoms. The Morgan fingerprint density at radius 2 is 1.94 bits per heavy atom. The smallest absolute Gasteiger partial charge is 0.244 e. The molecule has 2 amide bonds. The van der Waals surface area contributed by atoms with Crippen LogP contribution in [0.3, 0.4) is 0 Å². The van der Waals surface area contributed by atoms with E-state index in [-0.39, 0.29) is 16.7 Å². The number of hydrogen-bond donors (Lipinski definition) is 2. The number of fused-ring (bicyclic) bond motifs is 2. The van der Waals surface area contributed by atoms with E-state index in [4.69, 9.17) is 4.74 Å². The van der Waals surface area contributed by atoms with Crippen molar-refractivity contribution in [1.29, 1.82) is 0 Å². The van der Waals surface area contributed by atoms with Gasteiger partial charge in [0.2, 0.25) is 21.8 Å². The Morgan fingerprint density at radius 3 is 2.62 bits per heavy atom. The van der Waals surface area contributed by atoms with Gasteiger partial charge in [0.05, 0.1) is 22.2 Å². The molecule has 0 radical (unpaired) electrons. The fourth-order valence-electron chi connectivity index (χ4n) is 3.87. The van der Waals surface area contributed by atoms with E-state index in [9.17, 15) is 18.0 Å².